The highest BCUT2D eigenvalue weighted by Crippen LogP contribution is 2.43. The molecule has 0 aliphatic carbocycles. The molecule has 5 heterocycles. The molecule has 1 N–H and O–H groups in total. The van der Waals surface area contributed by atoms with Crippen molar-refractivity contribution in [1.29, 1.82) is 0 Å². The molecule has 4 aromatic carbocycles. The molecule has 2 aromatic heterocycles. The Morgan fingerprint density at radius 3 is 2.36 bits per heavy atom. The van der Waals surface area contributed by atoms with Crippen LogP contribution in [0.25, 0.3) is 32.9 Å². The lowest BCUT2D eigenvalue weighted by atomic mass is 9.91. The highest BCUT2D eigenvalue weighted by Gasteiger charge is 2.49. The number of nitrogens with zero attached hydrogens (tertiary/aromatic N) is 5. The van der Waals surface area contributed by atoms with Crippen molar-refractivity contribution in [2.24, 2.45) is 0 Å². The number of piperidine rings is 1. The van der Waals surface area contributed by atoms with E-state index in [0.717, 1.165) is 30.5 Å². The van der Waals surface area contributed by atoms with E-state index in [9.17, 15) is 14.0 Å². The van der Waals surface area contributed by atoms with E-state index < -0.39 is 41.1 Å². The number of alkyl carbamates (subject to hydrolysis) is 1. The number of carbonyl (C=O) groups is 2. The molecule has 0 bridgehead atoms. The predicted molar refractivity (Wildman–Crippen MR) is 245 cm³/mol. The number of pyridine rings is 1. The number of alkyl halides is 1. The molecular weight excluding hydrogens is 866 g/mol. The second-order valence-electron chi connectivity index (χ2n) is 17.9. The van der Waals surface area contributed by atoms with Crippen LogP contribution in [0.2, 0.25) is 0 Å². The summed E-state index contributed by atoms with van der Waals surface area (Å²) < 4.78 is 77.4. The molecule has 3 atom stereocenters. The lowest BCUT2D eigenvalue weighted by Crippen LogP contribution is -2.58. The van der Waals surface area contributed by atoms with Crippen LogP contribution < -0.4 is 19.5 Å². The van der Waals surface area contributed by atoms with E-state index in [4.69, 9.17) is 23.7 Å². The molecule has 3 aliphatic heterocycles. The second kappa shape index (κ2) is 19.7. The molecule has 6 aromatic rings. The van der Waals surface area contributed by atoms with Crippen LogP contribution >= 0.6 is 0 Å². The minimum atomic E-state index is -0.975. The lowest BCUT2D eigenvalue weighted by molar-refractivity contribution is 0.0650. The van der Waals surface area contributed by atoms with E-state index in [0.29, 0.717) is 43.1 Å². The van der Waals surface area contributed by atoms with Gasteiger partial charge in [0, 0.05) is 31.6 Å². The zero-order valence-electron chi connectivity index (χ0n) is 37.6. The van der Waals surface area contributed by atoms with E-state index in [2.05, 4.69) is 25.2 Å². The first-order valence-corrected chi connectivity index (χ1v) is 22.8. The fourth-order valence-corrected chi connectivity index (χ4v) is 9.83. The van der Waals surface area contributed by atoms with Gasteiger partial charge in [0.2, 0.25) is 11.8 Å². The van der Waals surface area contributed by atoms with Gasteiger partial charge in [0.1, 0.15) is 48.4 Å². The molecule has 0 unspecified atom stereocenters. The Morgan fingerprint density at radius 2 is 1.58 bits per heavy atom. The van der Waals surface area contributed by atoms with Crippen LogP contribution in [-0.2, 0) is 29.1 Å². The summed E-state index contributed by atoms with van der Waals surface area (Å²) in [7, 11) is 1.40. The zero-order chi connectivity index (χ0) is 46.5. The first kappa shape index (κ1) is 45.5. The van der Waals surface area contributed by atoms with Gasteiger partial charge in [-0.1, -0.05) is 84.9 Å². The van der Waals surface area contributed by atoms with E-state index in [-0.39, 0.29) is 91.3 Å². The van der Waals surface area contributed by atoms with Crippen molar-refractivity contribution in [3.63, 3.8) is 0 Å². The van der Waals surface area contributed by atoms with Crippen LogP contribution in [0.1, 0.15) is 62.1 Å². The molecule has 67 heavy (non-hydrogen) atoms. The lowest BCUT2D eigenvalue weighted by Gasteiger charge is -2.40. The second-order valence-corrected chi connectivity index (χ2v) is 17.9. The third-order valence-electron chi connectivity index (χ3n) is 13.1. The number of methoxy groups -OCH3 is 1. The van der Waals surface area contributed by atoms with E-state index >= 15 is 8.78 Å². The number of rotatable bonds is 15. The van der Waals surface area contributed by atoms with E-state index in [1.54, 1.807) is 29.2 Å². The summed E-state index contributed by atoms with van der Waals surface area (Å²) in [4.78, 5) is 43.5. The molecule has 16 heteroatoms. The summed E-state index contributed by atoms with van der Waals surface area (Å²) in [5.74, 6) is -1.39. The van der Waals surface area contributed by atoms with Gasteiger partial charge in [0.05, 0.1) is 24.8 Å². The van der Waals surface area contributed by atoms with Crippen LogP contribution in [0.5, 0.6) is 17.8 Å². The summed E-state index contributed by atoms with van der Waals surface area (Å²) in [5, 5.41) is 4.05. The number of amides is 2. The Morgan fingerprint density at radius 1 is 0.821 bits per heavy atom. The first-order valence-electron chi connectivity index (χ1n) is 22.8. The monoisotopic (exact) mass is 918 g/mol. The van der Waals surface area contributed by atoms with Crippen molar-refractivity contribution >= 4 is 33.9 Å². The number of likely N-dealkylation sites (tertiary alicyclic amines) is 1. The molecule has 3 saturated heterocycles. The number of fused-ring (bicyclic) bond motifs is 3. The third kappa shape index (κ3) is 9.90. The van der Waals surface area contributed by atoms with Crippen molar-refractivity contribution < 1.29 is 46.4 Å². The highest BCUT2D eigenvalue weighted by atomic mass is 19.1. The molecule has 3 fully saturated rings. The standard InChI is InChI=1S/C51H53F3N6O7/c1-50(22-11-24-59(31-50)49(62)66-30-34-15-7-4-8-16-34)58-48(61)64-26-10-19-37-39(53)21-20-35-17-9-18-38(40(35)37)43-42(54)44-41(45(55-43)63-2)46(65-29-33-13-5-3-6-14-33)57-47(56-44)67-32-51-23-12-25-60(51)28-36(52)27-51/h3-9,13-18,20-21,36H,10-12,19,22-32H2,1-2H3,(H,58,61)/t36-,50-,51+/m1/s1. The molecule has 9 rings (SSSR count). The van der Waals surface area contributed by atoms with Gasteiger partial charge in [-0.3, -0.25) is 4.90 Å². The number of hydrogen-bond acceptors (Lipinski definition) is 11. The van der Waals surface area contributed by atoms with Crippen molar-refractivity contribution in [3.05, 3.63) is 119 Å². The number of aromatic nitrogens is 3. The third-order valence-corrected chi connectivity index (χ3v) is 13.1. The number of halogens is 3. The van der Waals surface area contributed by atoms with Crippen molar-refractivity contribution in [1.82, 2.24) is 30.1 Å². The Hall–Kier alpha value is -6.68. The van der Waals surface area contributed by atoms with Gasteiger partial charge in [-0.05, 0) is 85.5 Å². The Labute approximate surface area is 386 Å². The van der Waals surface area contributed by atoms with Crippen molar-refractivity contribution in [2.45, 2.75) is 82.3 Å². The van der Waals surface area contributed by atoms with Crippen LogP contribution in [-0.4, -0.2) is 101 Å². The van der Waals surface area contributed by atoms with Gasteiger partial charge < -0.3 is 33.9 Å². The minimum Gasteiger partial charge on any atom is -0.480 e. The van der Waals surface area contributed by atoms with Crippen LogP contribution in [0.15, 0.2) is 91.0 Å². The van der Waals surface area contributed by atoms with Gasteiger partial charge in [-0.2, -0.15) is 9.97 Å². The maximum absolute atomic E-state index is 17.4. The molecule has 2 amide bonds. The summed E-state index contributed by atoms with van der Waals surface area (Å²) in [6, 6.07) is 26.8. The molecule has 350 valence electrons. The smallest absolute Gasteiger partial charge is 0.410 e. The van der Waals surface area contributed by atoms with E-state index in [1.165, 1.54) is 13.2 Å². The molecule has 13 nitrogen and oxygen atoms in total. The van der Waals surface area contributed by atoms with Gasteiger partial charge >= 0.3 is 18.2 Å². The topological polar surface area (TPSA) is 137 Å². The van der Waals surface area contributed by atoms with Crippen LogP contribution in [0.4, 0.5) is 22.8 Å². The number of ether oxygens (including phenoxy) is 5. The predicted octanol–water partition coefficient (Wildman–Crippen LogP) is 9.52. The number of carbonyl (C=O) groups excluding carboxylic acids is 2. The minimum absolute atomic E-state index is 0.0148. The SMILES string of the molecule is COc1nc(-c2cccc3ccc(F)c(CCCOC(=O)N[C@]4(C)CCCN(C(=O)OCc5ccccc5)C4)c23)c(F)c2nc(OC[C@@]34CCCN3C[C@H](F)C4)nc(OCc3ccccc3)c12. The summed E-state index contributed by atoms with van der Waals surface area (Å²) in [5.41, 5.74) is 0.673. The van der Waals surface area contributed by atoms with Crippen LogP contribution in [0.3, 0.4) is 0 Å². The largest absolute Gasteiger partial charge is 0.480 e. The number of aryl methyl sites for hydroxylation is 1. The molecule has 0 radical (unpaired) electrons. The molecular formula is C51H53F3N6O7. The number of benzene rings is 4. The molecule has 0 saturated carbocycles. The Kier molecular flexibility index (Phi) is 13.3. The number of nitrogens with one attached hydrogen (secondary N) is 1. The van der Waals surface area contributed by atoms with Crippen molar-refractivity contribution in [3.8, 4) is 29.0 Å². The van der Waals surface area contributed by atoms with Gasteiger partial charge in [0.25, 0.3) is 0 Å². The fraction of sp³-hybridized carbons (Fsp3) is 0.392. The first-order chi connectivity index (χ1) is 32.5. The highest BCUT2D eigenvalue weighted by molar-refractivity contribution is 6.01. The Bertz CT molecular complexity index is 2750. The van der Waals surface area contributed by atoms with Gasteiger partial charge in [0.15, 0.2) is 5.82 Å². The van der Waals surface area contributed by atoms with Crippen LogP contribution in [0, 0.1) is 11.6 Å². The quantitative estimate of drug-likeness (QED) is 0.0987. The van der Waals surface area contributed by atoms with Crippen molar-refractivity contribution in [2.75, 3.05) is 46.5 Å². The zero-order valence-corrected chi connectivity index (χ0v) is 37.6. The average molecular weight is 919 g/mol. The maximum atomic E-state index is 17.4. The average Bonchev–Trinajstić information content (AvgIpc) is 3.87. The van der Waals surface area contributed by atoms with E-state index in [1.807, 2.05) is 67.6 Å². The summed E-state index contributed by atoms with van der Waals surface area (Å²) >= 11 is 0. The van der Waals surface area contributed by atoms with Gasteiger partial charge in [-0.25, -0.2) is 27.7 Å². The normalized spacial score (nSPS) is 20.4. The summed E-state index contributed by atoms with van der Waals surface area (Å²) in [6.45, 7) is 3.98. The summed E-state index contributed by atoms with van der Waals surface area (Å²) in [6.07, 6.45) is 1.54. The number of hydrogen-bond donors (Lipinski definition) is 1. The molecule has 0 spiro atoms. The molecule has 3 aliphatic rings. The fourth-order valence-electron chi connectivity index (χ4n) is 9.83. The Balaban J connectivity index is 0.947. The van der Waals surface area contributed by atoms with Gasteiger partial charge in [-0.15, -0.1) is 0 Å². The maximum Gasteiger partial charge on any atom is 0.410 e.